The summed E-state index contributed by atoms with van der Waals surface area (Å²) in [4.78, 5) is 10.1. The second-order valence-corrected chi connectivity index (χ2v) is 2.52. The molecule has 64 valence electrons. The van der Waals surface area contributed by atoms with Gasteiger partial charge in [0, 0.05) is 10.7 Å². The van der Waals surface area contributed by atoms with Gasteiger partial charge in [-0.25, -0.2) is 9.18 Å². The Labute approximate surface area is 72.8 Å². The van der Waals surface area contributed by atoms with Crippen molar-refractivity contribution in [2.75, 3.05) is 5.32 Å². The lowest BCUT2D eigenvalue weighted by Gasteiger charge is -2.00. The number of halogens is 2. The third-order valence-corrected chi connectivity index (χ3v) is 1.33. The average Bonchev–Trinajstić information content (AvgIpc) is 1.81. The van der Waals surface area contributed by atoms with Gasteiger partial charge in [0.25, 0.3) is 0 Å². The molecule has 5 heteroatoms. The first-order valence-corrected chi connectivity index (χ1v) is 3.42. The average molecular weight is 190 g/mol. The number of benzene rings is 1. The van der Waals surface area contributed by atoms with Gasteiger partial charge in [0.1, 0.15) is 5.82 Å². The first-order chi connectivity index (χ1) is 5.58. The number of hydrogen-bond donors (Lipinski definition) is 2. The zero-order valence-corrected chi connectivity index (χ0v) is 6.60. The van der Waals surface area contributed by atoms with Gasteiger partial charge in [0.05, 0.1) is 0 Å². The molecule has 2 N–H and O–H groups in total. The zero-order valence-electron chi connectivity index (χ0n) is 5.84. The molecule has 0 unspecified atom stereocenters. The number of anilines is 1. The molecule has 0 bridgehead atoms. The predicted molar refractivity (Wildman–Crippen MR) is 43.1 cm³/mol. The van der Waals surface area contributed by atoms with Crippen molar-refractivity contribution in [1.29, 1.82) is 0 Å². The maximum absolute atomic E-state index is 12.6. The molecule has 0 aliphatic rings. The lowest BCUT2D eigenvalue weighted by atomic mass is 10.3. The Balaban J connectivity index is 2.93. The number of amides is 1. The van der Waals surface area contributed by atoms with Crippen molar-refractivity contribution in [2.24, 2.45) is 0 Å². The van der Waals surface area contributed by atoms with Gasteiger partial charge in [0.2, 0.25) is 0 Å². The van der Waals surface area contributed by atoms with Crippen LogP contribution in [0.1, 0.15) is 0 Å². The molecule has 0 radical (unpaired) electrons. The molecule has 1 aromatic rings. The number of carbonyl (C=O) groups is 1. The standard InChI is InChI=1S/C7H5ClFNO2/c8-4-1-5(9)3-6(2-4)10-7(11)12/h1-3,10H,(H,11,12). The monoisotopic (exact) mass is 189 g/mol. The minimum atomic E-state index is -1.25. The van der Waals surface area contributed by atoms with Crippen molar-refractivity contribution in [3.8, 4) is 0 Å². The number of hydrogen-bond acceptors (Lipinski definition) is 1. The number of rotatable bonds is 1. The van der Waals surface area contributed by atoms with Crippen molar-refractivity contribution in [1.82, 2.24) is 0 Å². The number of carboxylic acid groups (broad SMARTS) is 1. The topological polar surface area (TPSA) is 49.3 Å². The van der Waals surface area contributed by atoms with Gasteiger partial charge in [-0.3, -0.25) is 5.32 Å². The van der Waals surface area contributed by atoms with E-state index in [0.29, 0.717) is 0 Å². The molecule has 12 heavy (non-hydrogen) atoms. The molecule has 0 aliphatic carbocycles. The molecule has 1 amide bonds. The van der Waals surface area contributed by atoms with Crippen molar-refractivity contribution >= 4 is 23.4 Å². The molecule has 0 aromatic heterocycles. The Kier molecular flexibility index (Phi) is 2.50. The van der Waals surface area contributed by atoms with Crippen LogP contribution in [-0.4, -0.2) is 11.2 Å². The maximum atomic E-state index is 12.6. The molecular formula is C7H5ClFNO2. The summed E-state index contributed by atoms with van der Waals surface area (Å²) in [6.45, 7) is 0. The van der Waals surface area contributed by atoms with Crippen LogP contribution < -0.4 is 5.32 Å². The van der Waals surface area contributed by atoms with Gasteiger partial charge in [-0.15, -0.1) is 0 Å². The van der Waals surface area contributed by atoms with E-state index in [4.69, 9.17) is 16.7 Å². The van der Waals surface area contributed by atoms with Gasteiger partial charge < -0.3 is 5.11 Å². The molecule has 0 saturated heterocycles. The summed E-state index contributed by atoms with van der Waals surface area (Å²) < 4.78 is 12.6. The van der Waals surface area contributed by atoms with Crippen LogP contribution >= 0.6 is 11.6 Å². The second-order valence-electron chi connectivity index (χ2n) is 2.09. The van der Waals surface area contributed by atoms with Gasteiger partial charge in [-0.1, -0.05) is 11.6 Å². The summed E-state index contributed by atoms with van der Waals surface area (Å²) in [7, 11) is 0. The normalized spacial score (nSPS) is 9.50. The molecular weight excluding hydrogens is 185 g/mol. The molecule has 1 rings (SSSR count). The fraction of sp³-hybridized carbons (Fsp3) is 0. The van der Waals surface area contributed by atoms with Gasteiger partial charge >= 0.3 is 6.09 Å². The van der Waals surface area contributed by atoms with E-state index in [1.54, 1.807) is 0 Å². The lowest BCUT2D eigenvalue weighted by Crippen LogP contribution is -2.07. The summed E-state index contributed by atoms with van der Waals surface area (Å²) in [5, 5.41) is 10.4. The lowest BCUT2D eigenvalue weighted by molar-refractivity contribution is 0.210. The highest BCUT2D eigenvalue weighted by atomic mass is 35.5. The third-order valence-electron chi connectivity index (χ3n) is 1.11. The van der Waals surface area contributed by atoms with E-state index < -0.39 is 11.9 Å². The molecule has 0 atom stereocenters. The highest BCUT2D eigenvalue weighted by Crippen LogP contribution is 2.17. The van der Waals surface area contributed by atoms with Gasteiger partial charge in [-0.2, -0.15) is 0 Å². The van der Waals surface area contributed by atoms with Crippen molar-refractivity contribution in [3.05, 3.63) is 29.0 Å². The highest BCUT2D eigenvalue weighted by Gasteiger charge is 2.01. The molecule has 0 aliphatic heterocycles. The maximum Gasteiger partial charge on any atom is 0.409 e. The Morgan fingerprint density at radius 2 is 2.17 bits per heavy atom. The molecule has 0 fully saturated rings. The fourth-order valence-corrected chi connectivity index (χ4v) is 0.971. The quantitative estimate of drug-likeness (QED) is 0.713. The minimum absolute atomic E-state index is 0.118. The molecule has 0 saturated carbocycles. The third kappa shape index (κ3) is 2.39. The smallest absolute Gasteiger partial charge is 0.409 e. The second kappa shape index (κ2) is 3.40. The largest absolute Gasteiger partial charge is 0.465 e. The Bertz CT molecular complexity index is 296. The summed E-state index contributed by atoms with van der Waals surface area (Å²) in [5.74, 6) is -0.578. The predicted octanol–water partition coefficient (Wildman–Crippen LogP) is 2.57. The molecule has 1 aromatic carbocycles. The Morgan fingerprint density at radius 1 is 1.50 bits per heavy atom. The van der Waals surface area contributed by atoms with Crippen molar-refractivity contribution in [2.45, 2.75) is 0 Å². The van der Waals surface area contributed by atoms with E-state index in [0.717, 1.165) is 12.1 Å². The highest BCUT2D eigenvalue weighted by molar-refractivity contribution is 6.30. The summed E-state index contributed by atoms with van der Waals surface area (Å²) in [5.41, 5.74) is 0.118. The summed E-state index contributed by atoms with van der Waals surface area (Å²) >= 11 is 5.46. The van der Waals surface area contributed by atoms with E-state index in [9.17, 15) is 9.18 Å². The Hall–Kier alpha value is -1.29. The van der Waals surface area contributed by atoms with Crippen LogP contribution in [0.3, 0.4) is 0 Å². The van der Waals surface area contributed by atoms with Crippen LogP contribution in [0.2, 0.25) is 5.02 Å². The van der Waals surface area contributed by atoms with Crippen molar-refractivity contribution in [3.63, 3.8) is 0 Å². The first-order valence-electron chi connectivity index (χ1n) is 3.04. The van der Waals surface area contributed by atoms with E-state index in [1.807, 2.05) is 5.32 Å². The van der Waals surface area contributed by atoms with E-state index in [2.05, 4.69) is 0 Å². The number of nitrogens with one attached hydrogen (secondary N) is 1. The van der Waals surface area contributed by atoms with Gasteiger partial charge in [0.15, 0.2) is 0 Å². The van der Waals surface area contributed by atoms with Crippen LogP contribution in [0.15, 0.2) is 18.2 Å². The van der Waals surface area contributed by atoms with Crippen molar-refractivity contribution < 1.29 is 14.3 Å². The Morgan fingerprint density at radius 3 is 2.67 bits per heavy atom. The SMILES string of the molecule is O=C(O)Nc1cc(F)cc(Cl)c1. The fourth-order valence-electron chi connectivity index (χ4n) is 0.749. The van der Waals surface area contributed by atoms with Crippen LogP contribution in [-0.2, 0) is 0 Å². The van der Waals surface area contributed by atoms with E-state index >= 15 is 0 Å². The minimum Gasteiger partial charge on any atom is -0.465 e. The van der Waals surface area contributed by atoms with E-state index in [-0.39, 0.29) is 10.7 Å². The van der Waals surface area contributed by atoms with Crippen LogP contribution in [0, 0.1) is 5.82 Å². The van der Waals surface area contributed by atoms with Crippen LogP contribution in [0.4, 0.5) is 14.9 Å². The zero-order chi connectivity index (χ0) is 9.14. The van der Waals surface area contributed by atoms with Crippen LogP contribution in [0.5, 0.6) is 0 Å². The van der Waals surface area contributed by atoms with Crippen LogP contribution in [0.25, 0.3) is 0 Å². The first kappa shape index (κ1) is 8.80. The molecule has 3 nitrogen and oxygen atoms in total. The summed E-state index contributed by atoms with van der Waals surface area (Å²) in [6.07, 6.45) is -1.25. The molecule has 0 spiro atoms. The van der Waals surface area contributed by atoms with Gasteiger partial charge in [-0.05, 0) is 18.2 Å². The van der Waals surface area contributed by atoms with E-state index in [1.165, 1.54) is 6.07 Å². The summed E-state index contributed by atoms with van der Waals surface area (Å²) in [6, 6.07) is 3.45. The molecule has 0 heterocycles.